The molecule has 2 aromatic carbocycles. The summed E-state index contributed by atoms with van der Waals surface area (Å²) in [5.41, 5.74) is -3.42. The fraction of sp³-hybridized carbons (Fsp3) is 0.222. The lowest BCUT2D eigenvalue weighted by atomic mass is 9.68. The molecule has 0 spiro atoms. The van der Waals surface area contributed by atoms with Gasteiger partial charge in [0.25, 0.3) is 0 Å². The number of carboxylic acid groups (broad SMARTS) is 1. The summed E-state index contributed by atoms with van der Waals surface area (Å²) in [7, 11) is 0. The first-order valence-electron chi connectivity index (χ1n) is 7.74. The Kier molecular flexibility index (Phi) is 5.51. The second kappa shape index (κ2) is 7.31. The van der Waals surface area contributed by atoms with Crippen molar-refractivity contribution in [3.63, 3.8) is 0 Å². The van der Waals surface area contributed by atoms with Crippen LogP contribution < -0.4 is 0 Å². The fourth-order valence-electron chi connectivity index (χ4n) is 3.32. The van der Waals surface area contributed by atoms with Gasteiger partial charge in [0.05, 0.1) is 26.8 Å². The Morgan fingerprint density at radius 1 is 1.18 bits per heavy atom. The quantitative estimate of drug-likeness (QED) is 0.536. The number of carbonyl (C=O) groups is 1. The van der Waals surface area contributed by atoms with Crippen LogP contribution >= 0.6 is 39.1 Å². The summed E-state index contributed by atoms with van der Waals surface area (Å²) in [5.74, 6) is -4.40. The highest BCUT2D eigenvalue weighted by Crippen LogP contribution is 2.52. The van der Waals surface area contributed by atoms with Crippen molar-refractivity contribution >= 4 is 50.8 Å². The molecule has 3 nitrogen and oxygen atoms in total. The molecule has 0 bridgehead atoms. The van der Waals surface area contributed by atoms with Crippen LogP contribution in [-0.4, -0.2) is 29.5 Å². The maximum atomic E-state index is 14.3. The van der Waals surface area contributed by atoms with Crippen LogP contribution in [0.1, 0.15) is 11.1 Å². The molecule has 0 fully saturated rings. The summed E-state index contributed by atoms with van der Waals surface area (Å²) in [6.07, 6.45) is -4.96. The van der Waals surface area contributed by atoms with Gasteiger partial charge in [0.15, 0.2) is 0 Å². The molecule has 0 saturated heterocycles. The number of hydrogen-bond acceptors (Lipinski definition) is 2. The van der Waals surface area contributed by atoms with Gasteiger partial charge < -0.3 is 5.11 Å². The van der Waals surface area contributed by atoms with Crippen LogP contribution in [0.5, 0.6) is 0 Å². The van der Waals surface area contributed by atoms with Crippen molar-refractivity contribution < 1.29 is 27.5 Å². The average Bonchev–Trinajstić information content (AvgIpc) is 3.01. The Morgan fingerprint density at radius 3 is 2.39 bits per heavy atom. The van der Waals surface area contributed by atoms with E-state index in [0.29, 0.717) is 0 Å². The lowest BCUT2D eigenvalue weighted by molar-refractivity contribution is -0.200. The molecule has 1 aliphatic heterocycles. The number of benzene rings is 2. The van der Waals surface area contributed by atoms with Crippen LogP contribution in [0.2, 0.25) is 10.0 Å². The molecule has 3 rings (SSSR count). The summed E-state index contributed by atoms with van der Waals surface area (Å²) < 4.78 is 56.4. The molecule has 10 heteroatoms. The summed E-state index contributed by atoms with van der Waals surface area (Å²) >= 11 is 14.6. The third-order valence-corrected chi connectivity index (χ3v) is 6.01. The van der Waals surface area contributed by atoms with E-state index in [9.17, 15) is 27.5 Å². The van der Waals surface area contributed by atoms with E-state index in [4.69, 9.17) is 23.2 Å². The zero-order chi connectivity index (χ0) is 20.9. The molecule has 2 aromatic rings. The maximum Gasteiger partial charge on any atom is 0.401 e. The molecule has 0 aliphatic carbocycles. The summed E-state index contributed by atoms with van der Waals surface area (Å²) in [5, 5.41) is 9.63. The van der Waals surface area contributed by atoms with Gasteiger partial charge >= 0.3 is 12.1 Å². The Balaban J connectivity index is 2.22. The minimum absolute atomic E-state index is 0.0177. The van der Waals surface area contributed by atoms with Gasteiger partial charge in [0.2, 0.25) is 0 Å². The van der Waals surface area contributed by atoms with Crippen molar-refractivity contribution in [3.8, 4) is 0 Å². The van der Waals surface area contributed by atoms with Crippen molar-refractivity contribution in [2.45, 2.75) is 11.6 Å². The van der Waals surface area contributed by atoms with Crippen LogP contribution in [0, 0.1) is 11.7 Å². The number of nitrogens with zero attached hydrogens (tertiary/aromatic N) is 1. The van der Waals surface area contributed by atoms with Crippen LogP contribution in [0.15, 0.2) is 45.9 Å². The molecular formula is C18H10BrCl2F4NO2. The lowest BCUT2D eigenvalue weighted by Crippen LogP contribution is -2.53. The highest BCUT2D eigenvalue weighted by atomic mass is 79.9. The monoisotopic (exact) mass is 497 g/mol. The molecule has 28 heavy (non-hydrogen) atoms. The maximum absolute atomic E-state index is 14.3. The highest BCUT2D eigenvalue weighted by molar-refractivity contribution is 9.10. The molecule has 0 unspecified atom stereocenters. The Morgan fingerprint density at radius 2 is 1.86 bits per heavy atom. The minimum Gasteiger partial charge on any atom is -0.481 e. The largest absolute Gasteiger partial charge is 0.481 e. The Labute approximate surface area is 175 Å². The second-order valence-electron chi connectivity index (χ2n) is 6.20. The second-order valence-corrected chi connectivity index (χ2v) is 7.87. The number of rotatable bonds is 3. The van der Waals surface area contributed by atoms with E-state index in [1.165, 1.54) is 18.2 Å². The number of aliphatic carboxylic acids is 1. The zero-order valence-electron chi connectivity index (χ0n) is 13.7. The molecule has 2 atom stereocenters. The van der Waals surface area contributed by atoms with Gasteiger partial charge in [-0.05, 0) is 51.3 Å². The summed E-state index contributed by atoms with van der Waals surface area (Å²) in [6.45, 7) is -0.851. The number of hydrogen-bond donors (Lipinski definition) is 1. The standard InChI is InChI=1S/C18H10BrCl2F4NO2/c19-10-5-8(1-4-13(10)22)15-14(16(27)28)17(7-26-15,18(23,24)25)9-2-3-11(20)12(21)6-9/h1-6,14H,7H2,(H,27,28)/t14-,17-/m0/s1. The van der Waals surface area contributed by atoms with E-state index in [-0.39, 0.29) is 31.4 Å². The summed E-state index contributed by atoms with van der Waals surface area (Å²) in [6, 6.07) is 6.69. The molecule has 1 heterocycles. The van der Waals surface area contributed by atoms with E-state index in [2.05, 4.69) is 20.9 Å². The van der Waals surface area contributed by atoms with Crippen molar-refractivity contribution in [2.24, 2.45) is 10.9 Å². The number of carboxylic acids is 1. The molecule has 1 N–H and O–H groups in total. The van der Waals surface area contributed by atoms with Crippen LogP contribution in [0.3, 0.4) is 0 Å². The minimum atomic E-state index is -4.96. The van der Waals surface area contributed by atoms with E-state index >= 15 is 0 Å². The topological polar surface area (TPSA) is 49.7 Å². The number of halogens is 7. The predicted molar refractivity (Wildman–Crippen MR) is 101 cm³/mol. The van der Waals surface area contributed by atoms with Crippen molar-refractivity contribution in [2.75, 3.05) is 6.54 Å². The van der Waals surface area contributed by atoms with Gasteiger partial charge in [0.1, 0.15) is 17.2 Å². The zero-order valence-corrected chi connectivity index (χ0v) is 16.8. The fourth-order valence-corrected chi connectivity index (χ4v) is 3.99. The van der Waals surface area contributed by atoms with Crippen LogP contribution in [0.4, 0.5) is 17.6 Å². The molecule has 0 amide bonds. The number of alkyl halides is 3. The van der Waals surface area contributed by atoms with Gasteiger partial charge in [-0.15, -0.1) is 0 Å². The van der Waals surface area contributed by atoms with Gasteiger partial charge in [-0.2, -0.15) is 13.2 Å². The molecule has 148 valence electrons. The third kappa shape index (κ3) is 3.31. The van der Waals surface area contributed by atoms with Crippen molar-refractivity contribution in [3.05, 3.63) is 67.9 Å². The highest BCUT2D eigenvalue weighted by Gasteiger charge is 2.66. The Hall–Kier alpha value is -1.64. The first kappa shape index (κ1) is 21.1. The lowest BCUT2D eigenvalue weighted by Gasteiger charge is -2.36. The van der Waals surface area contributed by atoms with Crippen molar-refractivity contribution in [1.29, 1.82) is 0 Å². The van der Waals surface area contributed by atoms with Gasteiger partial charge in [-0.25, -0.2) is 4.39 Å². The van der Waals surface area contributed by atoms with Gasteiger partial charge in [-0.3, -0.25) is 9.79 Å². The van der Waals surface area contributed by atoms with E-state index in [1.54, 1.807) is 0 Å². The molecule has 0 saturated carbocycles. The van der Waals surface area contributed by atoms with Gasteiger partial charge in [0, 0.05) is 0 Å². The van der Waals surface area contributed by atoms with E-state index < -0.39 is 35.8 Å². The SMILES string of the molecule is O=C(O)[C@@H]1C(c2ccc(F)c(Br)c2)=NC[C@@]1(c1ccc(Cl)c(Cl)c1)C(F)(F)F. The molecular weight excluding hydrogens is 489 g/mol. The van der Waals surface area contributed by atoms with Crippen molar-refractivity contribution in [1.82, 2.24) is 0 Å². The first-order chi connectivity index (χ1) is 13.0. The normalized spacial score (nSPS) is 22.2. The molecule has 0 aromatic heterocycles. The van der Waals surface area contributed by atoms with Crippen LogP contribution in [-0.2, 0) is 10.2 Å². The first-order valence-corrected chi connectivity index (χ1v) is 9.29. The third-order valence-electron chi connectivity index (χ3n) is 4.67. The number of aliphatic imine (C=N–C) groups is 1. The molecule has 0 radical (unpaired) electrons. The molecule has 1 aliphatic rings. The average molecular weight is 499 g/mol. The summed E-state index contributed by atoms with van der Waals surface area (Å²) in [4.78, 5) is 15.9. The van der Waals surface area contributed by atoms with Crippen LogP contribution in [0.25, 0.3) is 0 Å². The van der Waals surface area contributed by atoms with E-state index in [0.717, 1.165) is 18.2 Å². The van der Waals surface area contributed by atoms with Gasteiger partial charge in [-0.1, -0.05) is 35.3 Å². The smallest absolute Gasteiger partial charge is 0.401 e. The van der Waals surface area contributed by atoms with E-state index in [1.807, 2.05) is 0 Å². The predicted octanol–water partition coefficient (Wildman–Crippen LogP) is 5.90. The Bertz CT molecular complexity index is 996.